The lowest BCUT2D eigenvalue weighted by molar-refractivity contribution is 0.0167. The van der Waals surface area contributed by atoms with Gasteiger partial charge in [0.15, 0.2) is 0 Å². The van der Waals surface area contributed by atoms with E-state index in [2.05, 4.69) is 13.8 Å². The fourth-order valence-electron chi connectivity index (χ4n) is 2.60. The van der Waals surface area contributed by atoms with Crippen LogP contribution in [-0.2, 0) is 5.60 Å². The molecule has 0 heterocycles. The third kappa shape index (κ3) is 4.30. The van der Waals surface area contributed by atoms with E-state index in [1.807, 2.05) is 24.3 Å². The SMILES string of the molecule is CCCC(O)(CCC)c1cccc([C@H](O)CCN)c1. The first kappa shape index (κ1) is 16.2. The van der Waals surface area contributed by atoms with Gasteiger partial charge in [0, 0.05) is 0 Å². The molecular weight excluding hydrogens is 238 g/mol. The minimum absolute atomic E-state index is 0.458. The van der Waals surface area contributed by atoms with Crippen LogP contribution in [0.1, 0.15) is 63.2 Å². The predicted molar refractivity (Wildman–Crippen MR) is 78.8 cm³/mol. The first-order valence-electron chi connectivity index (χ1n) is 7.28. The molecule has 0 aliphatic carbocycles. The van der Waals surface area contributed by atoms with Gasteiger partial charge in [0.05, 0.1) is 11.7 Å². The highest BCUT2D eigenvalue weighted by Gasteiger charge is 2.27. The van der Waals surface area contributed by atoms with Crippen molar-refractivity contribution in [3.63, 3.8) is 0 Å². The molecule has 1 atom stereocenters. The van der Waals surface area contributed by atoms with Crippen molar-refractivity contribution in [2.24, 2.45) is 5.73 Å². The summed E-state index contributed by atoms with van der Waals surface area (Å²) in [6, 6.07) is 7.67. The number of benzene rings is 1. The molecule has 0 unspecified atom stereocenters. The van der Waals surface area contributed by atoms with Crippen molar-refractivity contribution >= 4 is 0 Å². The number of nitrogens with two attached hydrogens (primary N) is 1. The number of aliphatic hydroxyl groups is 2. The Bertz CT molecular complexity index is 373. The van der Waals surface area contributed by atoms with Crippen molar-refractivity contribution in [2.75, 3.05) is 6.54 Å². The Balaban J connectivity index is 3.01. The lowest BCUT2D eigenvalue weighted by Crippen LogP contribution is -2.25. The largest absolute Gasteiger partial charge is 0.388 e. The fourth-order valence-corrected chi connectivity index (χ4v) is 2.60. The van der Waals surface area contributed by atoms with Gasteiger partial charge in [-0.1, -0.05) is 51.0 Å². The average molecular weight is 265 g/mol. The maximum atomic E-state index is 10.8. The van der Waals surface area contributed by atoms with Crippen LogP contribution in [-0.4, -0.2) is 16.8 Å². The summed E-state index contributed by atoms with van der Waals surface area (Å²) in [5.41, 5.74) is 6.45. The number of hydrogen-bond acceptors (Lipinski definition) is 3. The normalized spacial score (nSPS) is 13.5. The Morgan fingerprint density at radius 2 is 1.84 bits per heavy atom. The summed E-state index contributed by atoms with van der Waals surface area (Å²) < 4.78 is 0. The maximum Gasteiger partial charge on any atom is 0.0896 e. The van der Waals surface area contributed by atoms with Crippen LogP contribution in [0, 0.1) is 0 Å². The van der Waals surface area contributed by atoms with Crippen molar-refractivity contribution in [3.8, 4) is 0 Å². The Kier molecular flexibility index (Phi) is 6.49. The first-order chi connectivity index (χ1) is 9.07. The summed E-state index contributed by atoms with van der Waals surface area (Å²) in [7, 11) is 0. The molecule has 1 aromatic carbocycles. The summed E-state index contributed by atoms with van der Waals surface area (Å²) in [4.78, 5) is 0. The van der Waals surface area contributed by atoms with Gasteiger partial charge in [-0.05, 0) is 36.9 Å². The van der Waals surface area contributed by atoms with E-state index >= 15 is 0 Å². The molecule has 0 aromatic heterocycles. The first-order valence-corrected chi connectivity index (χ1v) is 7.28. The molecule has 0 fully saturated rings. The maximum absolute atomic E-state index is 10.8. The molecule has 3 heteroatoms. The van der Waals surface area contributed by atoms with Crippen LogP contribution in [0.4, 0.5) is 0 Å². The minimum Gasteiger partial charge on any atom is -0.388 e. The quantitative estimate of drug-likeness (QED) is 0.677. The number of aliphatic hydroxyl groups excluding tert-OH is 1. The molecule has 4 N–H and O–H groups in total. The van der Waals surface area contributed by atoms with Gasteiger partial charge in [0.25, 0.3) is 0 Å². The Labute approximate surface area is 116 Å². The highest BCUT2D eigenvalue weighted by Crippen LogP contribution is 2.33. The van der Waals surface area contributed by atoms with Crippen LogP contribution in [0.2, 0.25) is 0 Å². The van der Waals surface area contributed by atoms with E-state index in [0.29, 0.717) is 13.0 Å². The van der Waals surface area contributed by atoms with Crippen molar-refractivity contribution < 1.29 is 10.2 Å². The number of rotatable bonds is 8. The molecule has 0 aliphatic heterocycles. The van der Waals surface area contributed by atoms with Crippen molar-refractivity contribution in [3.05, 3.63) is 35.4 Å². The zero-order chi connectivity index (χ0) is 14.3. The van der Waals surface area contributed by atoms with Crippen LogP contribution >= 0.6 is 0 Å². The molecule has 0 amide bonds. The molecule has 0 bridgehead atoms. The zero-order valence-electron chi connectivity index (χ0n) is 12.1. The fraction of sp³-hybridized carbons (Fsp3) is 0.625. The van der Waals surface area contributed by atoms with Gasteiger partial charge in [-0.15, -0.1) is 0 Å². The molecule has 0 saturated carbocycles. The standard InChI is InChI=1S/C16H27NO2/c1-3-9-16(19,10-4-2)14-7-5-6-13(12-14)15(18)8-11-17/h5-7,12,15,18-19H,3-4,8-11,17H2,1-2H3/t15-/m1/s1. The summed E-state index contributed by atoms with van der Waals surface area (Å²) in [5.74, 6) is 0. The molecule has 1 aromatic rings. The van der Waals surface area contributed by atoms with Gasteiger partial charge in [-0.25, -0.2) is 0 Å². The second kappa shape index (κ2) is 7.63. The molecule has 3 nitrogen and oxygen atoms in total. The van der Waals surface area contributed by atoms with E-state index in [1.165, 1.54) is 0 Å². The third-order valence-electron chi connectivity index (χ3n) is 3.58. The smallest absolute Gasteiger partial charge is 0.0896 e. The van der Waals surface area contributed by atoms with Gasteiger partial charge in [-0.3, -0.25) is 0 Å². The lowest BCUT2D eigenvalue weighted by Gasteiger charge is -2.29. The molecule has 1 rings (SSSR count). The Morgan fingerprint density at radius 1 is 1.21 bits per heavy atom. The highest BCUT2D eigenvalue weighted by atomic mass is 16.3. The molecule has 0 saturated heterocycles. The summed E-state index contributed by atoms with van der Waals surface area (Å²) in [6.07, 6.45) is 3.37. The minimum atomic E-state index is -0.776. The molecule has 19 heavy (non-hydrogen) atoms. The van der Waals surface area contributed by atoms with E-state index < -0.39 is 11.7 Å². The van der Waals surface area contributed by atoms with Crippen molar-refractivity contribution in [1.82, 2.24) is 0 Å². The Morgan fingerprint density at radius 3 is 2.37 bits per heavy atom. The van der Waals surface area contributed by atoms with Gasteiger partial charge >= 0.3 is 0 Å². The summed E-state index contributed by atoms with van der Waals surface area (Å²) >= 11 is 0. The van der Waals surface area contributed by atoms with Crippen LogP contribution in [0.15, 0.2) is 24.3 Å². The Hall–Kier alpha value is -0.900. The van der Waals surface area contributed by atoms with Crippen LogP contribution in [0.3, 0.4) is 0 Å². The van der Waals surface area contributed by atoms with E-state index in [4.69, 9.17) is 5.73 Å². The van der Waals surface area contributed by atoms with Crippen LogP contribution in [0.5, 0.6) is 0 Å². The highest BCUT2D eigenvalue weighted by molar-refractivity contribution is 5.29. The molecular formula is C16H27NO2. The van der Waals surface area contributed by atoms with Gasteiger partial charge in [0.2, 0.25) is 0 Å². The van der Waals surface area contributed by atoms with E-state index in [0.717, 1.165) is 36.8 Å². The molecule has 108 valence electrons. The second-order valence-electron chi connectivity index (χ2n) is 5.25. The second-order valence-corrected chi connectivity index (χ2v) is 5.25. The summed E-state index contributed by atoms with van der Waals surface area (Å²) in [6.45, 7) is 4.61. The molecule has 0 radical (unpaired) electrons. The summed E-state index contributed by atoms with van der Waals surface area (Å²) in [5, 5.41) is 20.8. The van der Waals surface area contributed by atoms with Gasteiger partial charge in [-0.2, -0.15) is 0 Å². The van der Waals surface area contributed by atoms with E-state index in [1.54, 1.807) is 0 Å². The number of hydrogen-bond donors (Lipinski definition) is 3. The van der Waals surface area contributed by atoms with Crippen molar-refractivity contribution in [1.29, 1.82) is 0 Å². The lowest BCUT2D eigenvalue weighted by atomic mass is 9.84. The third-order valence-corrected chi connectivity index (χ3v) is 3.58. The zero-order valence-corrected chi connectivity index (χ0v) is 12.1. The topological polar surface area (TPSA) is 66.5 Å². The van der Waals surface area contributed by atoms with Crippen molar-refractivity contribution in [2.45, 2.75) is 57.7 Å². The van der Waals surface area contributed by atoms with E-state index in [9.17, 15) is 10.2 Å². The predicted octanol–water partition coefficient (Wildman–Crippen LogP) is 2.86. The average Bonchev–Trinajstić information content (AvgIpc) is 2.40. The van der Waals surface area contributed by atoms with Crippen LogP contribution in [0.25, 0.3) is 0 Å². The molecule has 0 aliphatic rings. The monoisotopic (exact) mass is 265 g/mol. The molecule has 0 spiro atoms. The van der Waals surface area contributed by atoms with Gasteiger partial charge < -0.3 is 15.9 Å². The van der Waals surface area contributed by atoms with Gasteiger partial charge in [0.1, 0.15) is 0 Å². The van der Waals surface area contributed by atoms with Crippen LogP contribution < -0.4 is 5.73 Å². The van der Waals surface area contributed by atoms with E-state index in [-0.39, 0.29) is 0 Å².